The third kappa shape index (κ3) is 9.02. The van der Waals surface area contributed by atoms with Crippen LogP contribution in [0.3, 0.4) is 0 Å². The summed E-state index contributed by atoms with van der Waals surface area (Å²) >= 11 is 0. The summed E-state index contributed by atoms with van der Waals surface area (Å²) in [5, 5.41) is 14.6. The predicted molar refractivity (Wildman–Crippen MR) is 219 cm³/mol. The van der Waals surface area contributed by atoms with Gasteiger partial charge in [0.25, 0.3) is 0 Å². The molecular formula is C47H49N5O5. The molecule has 0 aliphatic carbocycles. The van der Waals surface area contributed by atoms with Gasteiger partial charge in [0.1, 0.15) is 6.04 Å². The average molecular weight is 764 g/mol. The molecule has 0 saturated carbocycles. The Morgan fingerprint density at radius 2 is 1.23 bits per heavy atom. The van der Waals surface area contributed by atoms with E-state index in [1.54, 1.807) is 9.70 Å². The third-order valence-electron chi connectivity index (χ3n) is 9.96. The molecule has 57 heavy (non-hydrogen) atoms. The number of hydrogen-bond donors (Lipinski definition) is 0. The number of hydrogen-bond acceptors (Lipinski definition) is 8. The molecule has 1 amide bonds. The fourth-order valence-electron chi connectivity index (χ4n) is 7.33. The third-order valence-corrected chi connectivity index (χ3v) is 9.96. The molecular weight excluding hydrogens is 715 g/mol. The molecule has 0 bridgehead atoms. The van der Waals surface area contributed by atoms with E-state index in [1.807, 2.05) is 124 Å². The van der Waals surface area contributed by atoms with Crippen LogP contribution in [0.25, 0.3) is 22.5 Å². The van der Waals surface area contributed by atoms with Crippen molar-refractivity contribution >= 4 is 17.8 Å². The SMILES string of the molecule is CCCCC(=O)N(Cc1ccc(-c2ccccc2-c2nnn(C(c3ccccc3)(c3ccccc3)c3ccccc3)n2)cc1)[C@H](C(=O)OC(C)OC(C)=O)C(C)C. The van der Waals surface area contributed by atoms with Crippen molar-refractivity contribution in [3.8, 4) is 22.5 Å². The molecule has 0 saturated heterocycles. The number of esters is 2. The maximum Gasteiger partial charge on any atom is 0.332 e. The van der Waals surface area contributed by atoms with E-state index < -0.39 is 29.8 Å². The van der Waals surface area contributed by atoms with Crippen molar-refractivity contribution in [2.75, 3.05) is 0 Å². The van der Waals surface area contributed by atoms with Gasteiger partial charge >= 0.3 is 11.9 Å². The predicted octanol–water partition coefficient (Wildman–Crippen LogP) is 8.84. The van der Waals surface area contributed by atoms with Crippen LogP contribution in [0.5, 0.6) is 0 Å². The number of ether oxygens (including phenoxy) is 2. The summed E-state index contributed by atoms with van der Waals surface area (Å²) in [5.74, 6) is -1.12. The highest BCUT2D eigenvalue weighted by molar-refractivity contribution is 5.85. The molecule has 292 valence electrons. The summed E-state index contributed by atoms with van der Waals surface area (Å²) in [4.78, 5) is 41.9. The molecule has 6 aromatic rings. The van der Waals surface area contributed by atoms with Crippen LogP contribution in [-0.4, -0.2) is 55.3 Å². The number of carbonyl (C=O) groups is 3. The molecule has 1 aromatic heterocycles. The number of tetrazole rings is 1. The fourth-order valence-corrected chi connectivity index (χ4v) is 7.33. The summed E-state index contributed by atoms with van der Waals surface area (Å²) in [6.45, 7) is 8.69. The first-order valence-corrected chi connectivity index (χ1v) is 19.5. The number of amides is 1. The maximum absolute atomic E-state index is 13.7. The van der Waals surface area contributed by atoms with Crippen LogP contribution < -0.4 is 0 Å². The van der Waals surface area contributed by atoms with Crippen molar-refractivity contribution in [3.63, 3.8) is 0 Å². The van der Waals surface area contributed by atoms with Gasteiger partial charge in [0.05, 0.1) is 0 Å². The van der Waals surface area contributed by atoms with Gasteiger partial charge in [-0.25, -0.2) is 4.79 Å². The number of aromatic nitrogens is 4. The normalized spacial score (nSPS) is 12.5. The van der Waals surface area contributed by atoms with Crippen molar-refractivity contribution in [2.45, 2.75) is 78.3 Å². The first-order valence-electron chi connectivity index (χ1n) is 19.5. The van der Waals surface area contributed by atoms with E-state index in [0.717, 1.165) is 45.4 Å². The van der Waals surface area contributed by atoms with Crippen LogP contribution in [0.4, 0.5) is 0 Å². The van der Waals surface area contributed by atoms with Gasteiger partial charge in [-0.05, 0) is 50.9 Å². The maximum atomic E-state index is 13.7. The van der Waals surface area contributed by atoms with E-state index in [4.69, 9.17) is 24.9 Å². The summed E-state index contributed by atoms with van der Waals surface area (Å²) in [5.41, 5.74) is 5.54. The standard InChI is InChI=1S/C47H49N5O5/c1-6-7-27-43(54)51(44(33(2)3)46(55)57-35(5)56-34(4)53)32-36-28-30-37(31-29-36)41-25-17-18-26-42(41)45-48-50-52(49-45)47(38-19-11-8-12-20-38,39-21-13-9-14-22-39)40-23-15-10-16-24-40/h8-26,28-31,33,35,44H,6-7,27,32H2,1-5H3/t35?,44-/m0/s1. The number of carbonyl (C=O) groups excluding carboxylic acids is 3. The lowest BCUT2D eigenvalue weighted by molar-refractivity contribution is -0.189. The minimum Gasteiger partial charge on any atom is -0.426 e. The molecule has 0 N–H and O–H groups in total. The fraction of sp³-hybridized carbons (Fsp3) is 0.277. The van der Waals surface area contributed by atoms with Gasteiger partial charge in [-0.3, -0.25) is 9.59 Å². The van der Waals surface area contributed by atoms with Crippen molar-refractivity contribution in [1.82, 2.24) is 25.1 Å². The highest BCUT2D eigenvalue weighted by atomic mass is 16.7. The van der Waals surface area contributed by atoms with Gasteiger partial charge in [0.15, 0.2) is 5.54 Å². The van der Waals surface area contributed by atoms with Gasteiger partial charge in [0.2, 0.25) is 18.0 Å². The Morgan fingerprint density at radius 1 is 0.702 bits per heavy atom. The zero-order valence-electron chi connectivity index (χ0n) is 33.1. The minimum atomic E-state index is -1.08. The molecule has 0 aliphatic heterocycles. The van der Waals surface area contributed by atoms with Crippen LogP contribution >= 0.6 is 0 Å². The van der Waals surface area contributed by atoms with E-state index in [0.29, 0.717) is 18.7 Å². The summed E-state index contributed by atoms with van der Waals surface area (Å²) in [6.07, 6.45) is 0.746. The first kappa shape index (κ1) is 40.2. The largest absolute Gasteiger partial charge is 0.426 e. The van der Waals surface area contributed by atoms with Gasteiger partial charge in [-0.2, -0.15) is 0 Å². The van der Waals surface area contributed by atoms with Crippen LogP contribution in [0.1, 0.15) is 76.1 Å². The van der Waals surface area contributed by atoms with Crippen molar-refractivity contribution < 1.29 is 23.9 Å². The quantitative estimate of drug-likeness (QED) is 0.0546. The van der Waals surface area contributed by atoms with Crippen molar-refractivity contribution in [2.24, 2.45) is 5.92 Å². The summed E-state index contributed by atoms with van der Waals surface area (Å²) < 4.78 is 10.5. The molecule has 0 fully saturated rings. The number of nitrogens with zero attached hydrogens (tertiary/aromatic N) is 5. The highest BCUT2D eigenvalue weighted by Crippen LogP contribution is 2.40. The Bertz CT molecular complexity index is 2140. The van der Waals surface area contributed by atoms with E-state index in [-0.39, 0.29) is 18.4 Å². The monoisotopic (exact) mass is 763 g/mol. The Morgan fingerprint density at radius 3 is 1.74 bits per heavy atom. The molecule has 0 aliphatic rings. The van der Waals surface area contributed by atoms with E-state index in [9.17, 15) is 14.4 Å². The number of benzene rings is 5. The van der Waals surface area contributed by atoms with Crippen LogP contribution in [0, 0.1) is 5.92 Å². The smallest absolute Gasteiger partial charge is 0.332 e. The molecule has 5 aromatic carbocycles. The Balaban J connectivity index is 1.35. The lowest BCUT2D eigenvalue weighted by atomic mass is 9.77. The van der Waals surface area contributed by atoms with Gasteiger partial charge < -0.3 is 14.4 Å². The van der Waals surface area contributed by atoms with Gasteiger partial charge in [-0.1, -0.05) is 167 Å². The topological polar surface area (TPSA) is 117 Å². The van der Waals surface area contributed by atoms with Crippen LogP contribution in [0.15, 0.2) is 140 Å². The molecule has 0 radical (unpaired) electrons. The molecule has 6 rings (SSSR count). The second-order valence-electron chi connectivity index (χ2n) is 14.4. The molecule has 1 heterocycles. The minimum absolute atomic E-state index is 0.145. The van der Waals surface area contributed by atoms with Crippen molar-refractivity contribution in [3.05, 3.63) is 162 Å². The number of rotatable bonds is 16. The van der Waals surface area contributed by atoms with E-state index in [2.05, 4.69) is 36.4 Å². The molecule has 10 nitrogen and oxygen atoms in total. The zero-order valence-corrected chi connectivity index (χ0v) is 33.1. The zero-order chi connectivity index (χ0) is 40.4. The van der Waals surface area contributed by atoms with Gasteiger partial charge in [0, 0.05) is 32.4 Å². The Kier molecular flexibility index (Phi) is 13.0. The molecule has 1 unspecified atom stereocenters. The van der Waals surface area contributed by atoms with E-state index in [1.165, 1.54) is 13.8 Å². The highest BCUT2D eigenvalue weighted by Gasteiger charge is 2.41. The second kappa shape index (κ2) is 18.5. The summed E-state index contributed by atoms with van der Waals surface area (Å²) in [7, 11) is 0. The molecule has 10 heteroatoms. The second-order valence-corrected chi connectivity index (χ2v) is 14.4. The van der Waals surface area contributed by atoms with Crippen LogP contribution in [0.2, 0.25) is 0 Å². The molecule has 2 atom stereocenters. The Hall–Kier alpha value is -6.42. The lowest BCUT2D eigenvalue weighted by Crippen LogP contribution is -2.49. The van der Waals surface area contributed by atoms with E-state index >= 15 is 0 Å². The van der Waals surface area contributed by atoms with Crippen molar-refractivity contribution in [1.29, 1.82) is 0 Å². The lowest BCUT2D eigenvalue weighted by Gasteiger charge is -2.34. The summed E-state index contributed by atoms with van der Waals surface area (Å²) in [6, 6.07) is 45.7. The average Bonchev–Trinajstić information content (AvgIpc) is 3.71. The number of unbranched alkanes of at least 4 members (excludes halogenated alkanes) is 1. The Labute approximate surface area is 334 Å². The van der Waals surface area contributed by atoms with Crippen LogP contribution in [-0.2, 0) is 35.9 Å². The first-order chi connectivity index (χ1) is 27.6. The molecule has 0 spiro atoms. The van der Waals surface area contributed by atoms with Gasteiger partial charge in [-0.15, -0.1) is 15.0 Å².